The van der Waals surface area contributed by atoms with Crippen LogP contribution in [-0.2, 0) is 28.5 Å². The zero-order valence-corrected chi connectivity index (χ0v) is 39.7. The Bertz CT molecular complexity index is 2190. The van der Waals surface area contributed by atoms with Crippen molar-refractivity contribution in [3.63, 3.8) is 0 Å². The SMILES string of the molecule is COC(=O)N[C@H](C(=O)N1[C@H](CO)CC[C@@H]1c1ncc(-c2ccc(-c3ccc(-c4cnc([C@H]5CC[C@@H](CO)N5C(=O)[C@@H](NC(=O)OC)C5C[C@@H](C)O[C@H](C)C5)[nH]4)cc3)cc2)[nH]1)C1C[C@@H](C)O[C@H](C)C1. The van der Waals surface area contributed by atoms with Crippen LogP contribution < -0.4 is 10.6 Å². The molecule has 4 aliphatic heterocycles. The number of aliphatic hydroxyl groups excluding tert-OH is 2. The first-order valence-electron chi connectivity index (χ1n) is 24.0. The van der Waals surface area contributed by atoms with Crippen LogP contribution in [0.3, 0.4) is 0 Å². The van der Waals surface area contributed by atoms with Gasteiger partial charge in [-0.05, 0) is 113 Å². The highest BCUT2D eigenvalue weighted by atomic mass is 16.5. The Kier molecular flexibility index (Phi) is 15.2. The monoisotopic (exact) mass is 938 g/mol. The number of rotatable bonds is 13. The highest BCUT2D eigenvalue weighted by molar-refractivity contribution is 5.88. The van der Waals surface area contributed by atoms with Crippen LogP contribution in [-0.4, -0.2) is 140 Å². The van der Waals surface area contributed by atoms with E-state index in [1.54, 1.807) is 22.2 Å². The Hall–Kier alpha value is -5.82. The van der Waals surface area contributed by atoms with Gasteiger partial charge >= 0.3 is 12.2 Å². The van der Waals surface area contributed by atoms with Gasteiger partial charge in [0.1, 0.15) is 23.7 Å². The molecule has 366 valence electrons. The molecule has 18 nitrogen and oxygen atoms in total. The molecular weight excluding hydrogens is 873 g/mol. The van der Waals surface area contributed by atoms with E-state index in [-0.39, 0.29) is 61.3 Å². The number of imidazole rings is 2. The quantitative estimate of drug-likeness (QED) is 0.0901. The molecule has 4 aliphatic rings. The molecular formula is C50H66N8O10. The second-order valence-corrected chi connectivity index (χ2v) is 19.1. The van der Waals surface area contributed by atoms with Gasteiger partial charge < -0.3 is 59.6 Å². The van der Waals surface area contributed by atoms with Crippen molar-refractivity contribution in [3.8, 4) is 33.6 Å². The molecule has 6 heterocycles. The Morgan fingerprint density at radius 1 is 0.603 bits per heavy atom. The zero-order valence-electron chi connectivity index (χ0n) is 39.7. The van der Waals surface area contributed by atoms with Gasteiger partial charge in [0.05, 0.1) is 99.8 Å². The molecule has 2 aromatic heterocycles. The number of methoxy groups -OCH3 is 2. The number of likely N-dealkylation sites (tertiary alicyclic amines) is 2. The van der Waals surface area contributed by atoms with Crippen LogP contribution in [0.25, 0.3) is 33.6 Å². The molecule has 0 unspecified atom stereocenters. The number of amides is 4. The van der Waals surface area contributed by atoms with E-state index in [2.05, 4.69) is 20.6 Å². The molecule has 4 amide bonds. The maximum atomic E-state index is 14.5. The molecule has 0 saturated carbocycles. The first-order chi connectivity index (χ1) is 32.8. The normalized spacial score (nSPS) is 28.2. The van der Waals surface area contributed by atoms with Crippen molar-refractivity contribution in [1.82, 2.24) is 40.4 Å². The van der Waals surface area contributed by atoms with Crippen molar-refractivity contribution in [3.05, 3.63) is 72.6 Å². The van der Waals surface area contributed by atoms with Crippen LogP contribution in [0.5, 0.6) is 0 Å². The number of alkyl carbamates (subject to hydrolysis) is 2. The molecule has 4 saturated heterocycles. The maximum absolute atomic E-state index is 14.5. The number of aromatic amines is 2. The van der Waals surface area contributed by atoms with Crippen molar-refractivity contribution >= 4 is 24.0 Å². The summed E-state index contributed by atoms with van der Waals surface area (Å²) in [7, 11) is 2.55. The summed E-state index contributed by atoms with van der Waals surface area (Å²) < 4.78 is 21.7. The number of carbonyl (C=O) groups excluding carboxylic acids is 4. The number of aromatic nitrogens is 4. The Labute approximate surface area is 396 Å². The lowest BCUT2D eigenvalue weighted by Gasteiger charge is -2.39. The zero-order chi connectivity index (χ0) is 48.2. The molecule has 0 bridgehead atoms. The van der Waals surface area contributed by atoms with E-state index in [0.717, 1.165) is 33.6 Å². The number of aliphatic hydroxyl groups is 2. The fourth-order valence-electron chi connectivity index (χ4n) is 11.2. The fourth-order valence-corrected chi connectivity index (χ4v) is 11.2. The fraction of sp³-hybridized carbons (Fsp3) is 0.560. The number of ether oxygens (including phenoxy) is 4. The molecule has 10 atom stereocenters. The predicted octanol–water partition coefficient (Wildman–Crippen LogP) is 6.04. The van der Waals surface area contributed by atoms with Crippen LogP contribution in [0.1, 0.15) is 103 Å². The lowest BCUT2D eigenvalue weighted by Crippen LogP contribution is -2.56. The minimum Gasteiger partial charge on any atom is -0.453 e. The summed E-state index contributed by atoms with van der Waals surface area (Å²) >= 11 is 0. The van der Waals surface area contributed by atoms with Gasteiger partial charge in [-0.2, -0.15) is 0 Å². The van der Waals surface area contributed by atoms with Crippen molar-refractivity contribution in [2.75, 3.05) is 27.4 Å². The molecule has 18 heteroatoms. The van der Waals surface area contributed by atoms with Crippen LogP contribution in [0.15, 0.2) is 60.9 Å². The second kappa shape index (κ2) is 21.2. The summed E-state index contributed by atoms with van der Waals surface area (Å²) in [6, 6.07) is 12.8. The van der Waals surface area contributed by atoms with E-state index < -0.39 is 48.4 Å². The summed E-state index contributed by atoms with van der Waals surface area (Å²) in [4.78, 5) is 73.8. The van der Waals surface area contributed by atoms with Crippen LogP contribution in [0.2, 0.25) is 0 Å². The average molecular weight is 939 g/mol. The molecule has 0 aliphatic carbocycles. The molecule has 8 rings (SSSR count). The number of H-pyrrole nitrogens is 2. The third-order valence-electron chi connectivity index (χ3n) is 14.3. The van der Waals surface area contributed by atoms with Gasteiger partial charge in [0.2, 0.25) is 11.8 Å². The first-order valence-corrected chi connectivity index (χ1v) is 24.0. The van der Waals surface area contributed by atoms with Gasteiger partial charge in [-0.25, -0.2) is 19.6 Å². The van der Waals surface area contributed by atoms with Crippen LogP contribution in [0.4, 0.5) is 9.59 Å². The van der Waals surface area contributed by atoms with E-state index in [0.29, 0.717) is 63.0 Å². The number of nitrogens with one attached hydrogen (secondary N) is 4. The maximum Gasteiger partial charge on any atom is 0.407 e. The van der Waals surface area contributed by atoms with E-state index >= 15 is 0 Å². The molecule has 0 radical (unpaired) electrons. The number of carbonyl (C=O) groups is 4. The Morgan fingerprint density at radius 3 is 1.26 bits per heavy atom. The van der Waals surface area contributed by atoms with Crippen LogP contribution in [0, 0.1) is 11.8 Å². The lowest BCUT2D eigenvalue weighted by atomic mass is 9.85. The van der Waals surface area contributed by atoms with Gasteiger partial charge in [-0.1, -0.05) is 48.5 Å². The number of benzene rings is 2. The third-order valence-corrected chi connectivity index (χ3v) is 14.3. The van der Waals surface area contributed by atoms with Crippen LogP contribution >= 0.6 is 0 Å². The number of hydrogen-bond donors (Lipinski definition) is 6. The highest BCUT2D eigenvalue weighted by Crippen LogP contribution is 2.40. The Morgan fingerprint density at radius 2 is 0.941 bits per heavy atom. The van der Waals surface area contributed by atoms with Gasteiger partial charge in [-0.3, -0.25) is 9.59 Å². The predicted molar refractivity (Wildman–Crippen MR) is 251 cm³/mol. The van der Waals surface area contributed by atoms with E-state index in [1.165, 1.54) is 14.2 Å². The highest BCUT2D eigenvalue weighted by Gasteiger charge is 2.47. The van der Waals surface area contributed by atoms with E-state index in [1.807, 2.05) is 76.2 Å². The van der Waals surface area contributed by atoms with Gasteiger partial charge in [0, 0.05) is 0 Å². The van der Waals surface area contributed by atoms with Crippen molar-refractivity contribution in [2.45, 2.75) is 140 Å². The number of nitrogens with zero attached hydrogens (tertiary/aromatic N) is 4. The molecule has 0 spiro atoms. The summed E-state index contributed by atoms with van der Waals surface area (Å²) in [5.74, 6) is 0.311. The number of hydrogen-bond acceptors (Lipinski definition) is 12. The van der Waals surface area contributed by atoms with Gasteiger partial charge in [0.25, 0.3) is 0 Å². The minimum absolute atomic E-state index is 0.0801. The topological polar surface area (TPSA) is 234 Å². The van der Waals surface area contributed by atoms with E-state index in [9.17, 15) is 29.4 Å². The second-order valence-electron chi connectivity index (χ2n) is 19.1. The van der Waals surface area contributed by atoms with Crippen molar-refractivity contribution in [2.24, 2.45) is 11.8 Å². The summed E-state index contributed by atoms with van der Waals surface area (Å²) in [5.41, 5.74) is 5.39. The summed E-state index contributed by atoms with van der Waals surface area (Å²) in [5, 5.41) is 26.4. The lowest BCUT2D eigenvalue weighted by molar-refractivity contribution is -0.142. The van der Waals surface area contributed by atoms with E-state index in [4.69, 9.17) is 28.9 Å². The third kappa shape index (κ3) is 10.4. The Balaban J connectivity index is 0.950. The van der Waals surface area contributed by atoms with Gasteiger partial charge in [-0.15, -0.1) is 0 Å². The molecule has 6 N–H and O–H groups in total. The molecule has 4 fully saturated rings. The standard InChI is InChI=1S/C50H66N8O10/c1-27-19-35(20-28(2)67-27)43(55-49(63)65-5)47(61)57-37(25-59)15-17-41(57)45-51-23-39(53-45)33-11-7-31(8-12-33)32-9-13-34(14-10-32)40-24-52-46(54-40)42-18-16-38(26-60)58(42)48(62)44(56-50(64)66-6)36-21-29(3)68-30(4)22-36/h7-14,23-24,27-30,35-38,41-44,59-60H,15-22,25-26H2,1-6H3,(H,51,53)(H,52,54)(H,55,63)(H,56,64)/t27-,28-,29-,30-,37+,38+,41-,42-,43+,44+/m1/s1. The summed E-state index contributed by atoms with van der Waals surface area (Å²) in [6.45, 7) is 7.44. The summed E-state index contributed by atoms with van der Waals surface area (Å²) in [6.07, 6.45) is 6.57. The minimum atomic E-state index is -0.854. The largest absolute Gasteiger partial charge is 0.453 e. The molecule has 68 heavy (non-hydrogen) atoms. The van der Waals surface area contributed by atoms with Crippen molar-refractivity contribution in [1.29, 1.82) is 0 Å². The van der Waals surface area contributed by atoms with Gasteiger partial charge in [0.15, 0.2) is 0 Å². The molecule has 4 aromatic rings. The molecule has 2 aromatic carbocycles. The first kappa shape index (κ1) is 48.6. The van der Waals surface area contributed by atoms with Crippen molar-refractivity contribution < 1.29 is 48.3 Å². The smallest absolute Gasteiger partial charge is 0.407 e. The average Bonchev–Trinajstić information content (AvgIpc) is 4.18.